The Balaban J connectivity index is 1.62. The monoisotopic (exact) mass is 302 g/mol. The van der Waals surface area contributed by atoms with Crippen LogP contribution in [0.25, 0.3) is 0 Å². The van der Waals surface area contributed by atoms with E-state index in [9.17, 15) is 4.79 Å². The molecule has 22 heavy (non-hydrogen) atoms. The van der Waals surface area contributed by atoms with Gasteiger partial charge in [-0.3, -0.25) is 9.88 Å². The number of pyridine rings is 1. The summed E-state index contributed by atoms with van der Waals surface area (Å²) in [5, 5.41) is 0. The Morgan fingerprint density at radius 3 is 2.73 bits per heavy atom. The van der Waals surface area contributed by atoms with E-state index in [2.05, 4.69) is 22.0 Å². The zero-order valence-electron chi connectivity index (χ0n) is 13.7. The fourth-order valence-corrected chi connectivity index (χ4v) is 3.90. The minimum absolute atomic E-state index is 0.159. The second-order valence-corrected chi connectivity index (χ2v) is 7.02. The van der Waals surface area contributed by atoms with Crippen molar-refractivity contribution < 1.29 is 4.79 Å². The van der Waals surface area contributed by atoms with Crippen molar-refractivity contribution in [2.24, 2.45) is 5.41 Å². The maximum absolute atomic E-state index is 12.2. The molecule has 2 aliphatic rings. The van der Waals surface area contributed by atoms with E-state index in [1.54, 1.807) is 4.90 Å². The van der Waals surface area contributed by atoms with Crippen molar-refractivity contribution in [3.8, 4) is 0 Å². The molecule has 1 atom stereocenters. The molecule has 2 amide bonds. The number of hydrogen-bond acceptors (Lipinski definition) is 3. The fraction of sp³-hybridized carbons (Fsp3) is 0.647. The van der Waals surface area contributed by atoms with Gasteiger partial charge < -0.3 is 9.80 Å². The van der Waals surface area contributed by atoms with E-state index in [-0.39, 0.29) is 6.03 Å². The second kappa shape index (κ2) is 6.24. The third-order valence-corrected chi connectivity index (χ3v) is 4.99. The van der Waals surface area contributed by atoms with Gasteiger partial charge in [0.25, 0.3) is 0 Å². The van der Waals surface area contributed by atoms with E-state index >= 15 is 0 Å². The Morgan fingerprint density at radius 2 is 2.00 bits per heavy atom. The largest absolute Gasteiger partial charge is 0.331 e. The van der Waals surface area contributed by atoms with Gasteiger partial charge in [-0.15, -0.1) is 0 Å². The van der Waals surface area contributed by atoms with E-state index < -0.39 is 0 Å². The number of aromatic nitrogens is 1. The van der Waals surface area contributed by atoms with Crippen molar-refractivity contribution >= 4 is 6.03 Å². The molecule has 1 aromatic heterocycles. The minimum atomic E-state index is 0.159. The molecule has 1 spiro atoms. The van der Waals surface area contributed by atoms with E-state index in [1.165, 1.54) is 18.4 Å². The number of urea groups is 1. The predicted octanol–water partition coefficient (Wildman–Crippen LogP) is 2.05. The first kappa shape index (κ1) is 15.3. The lowest BCUT2D eigenvalue weighted by molar-refractivity contribution is 0.0946. The molecule has 5 nitrogen and oxygen atoms in total. The average Bonchev–Trinajstić information content (AvgIpc) is 2.89. The van der Waals surface area contributed by atoms with Crippen LogP contribution in [0, 0.1) is 5.41 Å². The summed E-state index contributed by atoms with van der Waals surface area (Å²) in [6, 6.07) is 4.34. The lowest BCUT2D eigenvalue weighted by Gasteiger charge is -2.41. The van der Waals surface area contributed by atoms with E-state index in [4.69, 9.17) is 0 Å². The highest BCUT2D eigenvalue weighted by Gasteiger charge is 2.42. The summed E-state index contributed by atoms with van der Waals surface area (Å²) in [6.07, 6.45) is 7.30. The van der Waals surface area contributed by atoms with E-state index in [1.807, 2.05) is 31.4 Å². The average molecular weight is 302 g/mol. The van der Waals surface area contributed by atoms with Crippen LogP contribution in [0.5, 0.6) is 0 Å². The summed E-state index contributed by atoms with van der Waals surface area (Å²) >= 11 is 0. The zero-order chi connectivity index (χ0) is 15.6. The van der Waals surface area contributed by atoms with Crippen molar-refractivity contribution in [2.45, 2.75) is 25.8 Å². The summed E-state index contributed by atoms with van der Waals surface area (Å²) in [4.78, 5) is 22.6. The fourth-order valence-electron chi connectivity index (χ4n) is 3.90. The molecule has 5 heteroatoms. The lowest BCUT2D eigenvalue weighted by atomic mass is 9.79. The summed E-state index contributed by atoms with van der Waals surface area (Å²) in [7, 11) is 3.68. The predicted molar refractivity (Wildman–Crippen MR) is 86.5 cm³/mol. The molecule has 3 heterocycles. The molecule has 2 fully saturated rings. The third-order valence-electron chi connectivity index (χ3n) is 4.99. The number of nitrogens with zero attached hydrogens (tertiary/aromatic N) is 4. The van der Waals surface area contributed by atoms with Crippen molar-refractivity contribution in [1.29, 1.82) is 0 Å². The summed E-state index contributed by atoms with van der Waals surface area (Å²) < 4.78 is 0. The Bertz CT molecular complexity index is 519. The smallest absolute Gasteiger partial charge is 0.319 e. The van der Waals surface area contributed by atoms with Crippen LogP contribution in [-0.2, 0) is 6.54 Å². The first-order valence-corrected chi connectivity index (χ1v) is 8.16. The Morgan fingerprint density at radius 1 is 1.23 bits per heavy atom. The van der Waals surface area contributed by atoms with Crippen molar-refractivity contribution in [3.05, 3.63) is 30.1 Å². The van der Waals surface area contributed by atoms with Gasteiger partial charge in [0.05, 0.1) is 0 Å². The normalized spacial score (nSPS) is 25.6. The van der Waals surface area contributed by atoms with Crippen molar-refractivity contribution in [3.63, 3.8) is 0 Å². The molecule has 120 valence electrons. The maximum Gasteiger partial charge on any atom is 0.319 e. The maximum atomic E-state index is 12.2. The zero-order valence-corrected chi connectivity index (χ0v) is 13.7. The third kappa shape index (κ3) is 3.24. The van der Waals surface area contributed by atoms with Crippen LogP contribution in [-0.4, -0.2) is 66.0 Å². The highest BCUT2D eigenvalue weighted by molar-refractivity contribution is 5.74. The van der Waals surface area contributed by atoms with Gasteiger partial charge in [0.15, 0.2) is 0 Å². The second-order valence-electron chi connectivity index (χ2n) is 7.02. The lowest BCUT2D eigenvalue weighted by Crippen LogP contribution is -2.50. The van der Waals surface area contributed by atoms with Gasteiger partial charge in [-0.05, 0) is 43.5 Å². The number of rotatable bonds is 2. The Labute approximate surface area is 132 Å². The number of likely N-dealkylation sites (tertiary alicyclic amines) is 2. The number of piperidine rings is 1. The number of hydrogen-bond donors (Lipinski definition) is 0. The van der Waals surface area contributed by atoms with Crippen molar-refractivity contribution in [2.75, 3.05) is 40.3 Å². The first-order chi connectivity index (χ1) is 10.6. The molecular weight excluding hydrogens is 276 g/mol. The van der Waals surface area contributed by atoms with Crippen molar-refractivity contribution in [1.82, 2.24) is 19.7 Å². The molecule has 0 saturated carbocycles. The van der Waals surface area contributed by atoms with Gasteiger partial charge in [-0.2, -0.15) is 0 Å². The van der Waals surface area contributed by atoms with Crippen LogP contribution in [0.15, 0.2) is 24.5 Å². The molecule has 0 radical (unpaired) electrons. The van der Waals surface area contributed by atoms with Crippen LogP contribution in [0.4, 0.5) is 4.79 Å². The van der Waals surface area contributed by atoms with Gasteiger partial charge in [-0.25, -0.2) is 4.79 Å². The van der Waals surface area contributed by atoms with Gasteiger partial charge in [0.2, 0.25) is 0 Å². The molecule has 2 saturated heterocycles. The Hall–Kier alpha value is -1.62. The van der Waals surface area contributed by atoms with Gasteiger partial charge >= 0.3 is 6.03 Å². The molecule has 0 aromatic carbocycles. The van der Waals surface area contributed by atoms with E-state index in [0.717, 1.165) is 39.1 Å². The molecule has 0 bridgehead atoms. The SMILES string of the molecule is CN(C)C(=O)N1CCCC2(CCN(Cc3ccncc3)C2)C1. The highest BCUT2D eigenvalue weighted by atomic mass is 16.2. The molecule has 2 aliphatic heterocycles. The first-order valence-electron chi connectivity index (χ1n) is 8.16. The number of amides is 2. The summed E-state index contributed by atoms with van der Waals surface area (Å²) in [5.74, 6) is 0. The molecule has 1 unspecified atom stereocenters. The Kier molecular flexibility index (Phi) is 4.34. The van der Waals surface area contributed by atoms with Crippen LogP contribution in [0.2, 0.25) is 0 Å². The minimum Gasteiger partial charge on any atom is -0.331 e. The van der Waals surface area contributed by atoms with Gasteiger partial charge in [-0.1, -0.05) is 0 Å². The summed E-state index contributed by atoms with van der Waals surface area (Å²) in [5.41, 5.74) is 1.63. The van der Waals surface area contributed by atoms with Crippen LogP contribution in [0.3, 0.4) is 0 Å². The number of carbonyl (C=O) groups excluding carboxylic acids is 1. The van der Waals surface area contributed by atoms with Crippen LogP contribution >= 0.6 is 0 Å². The van der Waals surface area contributed by atoms with Crippen LogP contribution < -0.4 is 0 Å². The van der Waals surface area contributed by atoms with Gasteiger partial charge in [0, 0.05) is 58.1 Å². The topological polar surface area (TPSA) is 39.7 Å². The molecule has 1 aromatic rings. The summed E-state index contributed by atoms with van der Waals surface area (Å²) in [6.45, 7) is 5.05. The quantitative estimate of drug-likeness (QED) is 0.839. The molecular formula is C17H26N4O. The van der Waals surface area contributed by atoms with Gasteiger partial charge in [0.1, 0.15) is 0 Å². The molecule has 0 N–H and O–H groups in total. The highest BCUT2D eigenvalue weighted by Crippen LogP contribution is 2.39. The number of carbonyl (C=O) groups is 1. The van der Waals surface area contributed by atoms with E-state index in [0.29, 0.717) is 5.41 Å². The molecule has 0 aliphatic carbocycles. The standard InChI is InChI=1S/C17H26N4O/c1-19(2)16(22)21-10-3-6-17(14-21)7-11-20(13-17)12-15-4-8-18-9-5-15/h4-5,8-9H,3,6-7,10-14H2,1-2H3. The van der Waals surface area contributed by atoms with Crippen LogP contribution in [0.1, 0.15) is 24.8 Å². The molecule has 3 rings (SSSR count).